The van der Waals surface area contributed by atoms with Crippen LogP contribution in [0, 0.1) is 5.41 Å². The Labute approximate surface area is 181 Å². The van der Waals surface area contributed by atoms with Crippen molar-refractivity contribution in [2.75, 3.05) is 27.3 Å². The standard InChI is InChI=1S/C23H27N3O5/c1-21-13-22(29-10-11-30-22)9-8-17(21)26(20(28)24-2)19(27)23(21)25(3)18-15-7-5-4-6-14(15)12-16(18)31-23/h4-8,16,18H,9-13H2,1-3H3,(H,24,28)/t16-,18+,21+,23?/m0/s1. The number of nitrogens with zero attached hydrogens (tertiary/aromatic N) is 2. The summed E-state index contributed by atoms with van der Waals surface area (Å²) < 4.78 is 18.8. The fourth-order valence-corrected chi connectivity index (χ4v) is 6.66. The maximum atomic E-state index is 14.0. The topological polar surface area (TPSA) is 80.3 Å². The van der Waals surface area contributed by atoms with Gasteiger partial charge in [-0.1, -0.05) is 30.3 Å². The molecule has 6 rings (SSSR count). The molecule has 8 heteroatoms. The van der Waals surface area contributed by atoms with Crippen molar-refractivity contribution in [3.63, 3.8) is 0 Å². The number of hydrogen-bond donors (Lipinski definition) is 1. The molecule has 3 amide bonds. The summed E-state index contributed by atoms with van der Waals surface area (Å²) in [6, 6.07) is 7.79. The monoisotopic (exact) mass is 425 g/mol. The number of benzene rings is 1. The summed E-state index contributed by atoms with van der Waals surface area (Å²) in [7, 11) is 3.48. The molecule has 1 aromatic carbocycles. The van der Waals surface area contributed by atoms with Gasteiger partial charge in [0.25, 0.3) is 5.91 Å². The molecular formula is C23H27N3O5. The van der Waals surface area contributed by atoms with Gasteiger partial charge in [-0.25, -0.2) is 9.69 Å². The number of likely N-dealkylation sites (N-methyl/N-ethyl adjacent to an activating group) is 1. The first kappa shape index (κ1) is 19.4. The molecule has 3 aliphatic heterocycles. The van der Waals surface area contributed by atoms with Gasteiger partial charge in [-0.2, -0.15) is 0 Å². The number of nitrogens with one attached hydrogen (secondary N) is 1. The summed E-state index contributed by atoms with van der Waals surface area (Å²) >= 11 is 0. The zero-order valence-electron chi connectivity index (χ0n) is 18.0. The molecule has 3 saturated heterocycles. The van der Waals surface area contributed by atoms with Gasteiger partial charge in [0, 0.05) is 32.0 Å². The van der Waals surface area contributed by atoms with Crippen LogP contribution in [0.3, 0.4) is 0 Å². The highest BCUT2D eigenvalue weighted by Crippen LogP contribution is 2.64. The minimum Gasteiger partial charge on any atom is -0.347 e. The minimum atomic E-state index is -1.31. The van der Waals surface area contributed by atoms with E-state index in [9.17, 15) is 9.59 Å². The normalized spacial score (nSPS) is 37.8. The Morgan fingerprint density at radius 1 is 1.23 bits per heavy atom. The Hall–Kier alpha value is -2.26. The molecule has 2 spiro atoms. The van der Waals surface area contributed by atoms with Crippen LogP contribution in [0.5, 0.6) is 0 Å². The quantitative estimate of drug-likeness (QED) is 0.684. The molecule has 5 aliphatic rings. The highest BCUT2D eigenvalue weighted by atomic mass is 16.7. The van der Waals surface area contributed by atoms with Crippen LogP contribution < -0.4 is 5.32 Å². The average molecular weight is 425 g/mol. The van der Waals surface area contributed by atoms with Crippen molar-refractivity contribution < 1.29 is 23.8 Å². The third-order valence-electron chi connectivity index (χ3n) is 7.89. The van der Waals surface area contributed by atoms with Crippen molar-refractivity contribution in [3.8, 4) is 0 Å². The highest BCUT2D eigenvalue weighted by Gasteiger charge is 2.76. The van der Waals surface area contributed by atoms with Crippen molar-refractivity contribution >= 4 is 11.9 Å². The lowest BCUT2D eigenvalue weighted by molar-refractivity contribution is -0.219. The van der Waals surface area contributed by atoms with Crippen LogP contribution in [0.15, 0.2) is 36.0 Å². The van der Waals surface area contributed by atoms with Crippen LogP contribution in [-0.2, 0) is 25.4 Å². The maximum Gasteiger partial charge on any atom is 0.328 e. The molecule has 3 heterocycles. The molecule has 8 nitrogen and oxygen atoms in total. The number of likely N-dealkylation sites (tertiary alicyclic amines) is 1. The SMILES string of the molecule is CNC(=O)N1C(=O)C2(O[C@H]3Cc4ccccc4[C@H]3N2C)[C@]2(C)CC3(CC=C12)OCCO3. The van der Waals surface area contributed by atoms with Gasteiger partial charge in [0.15, 0.2) is 5.79 Å². The predicted octanol–water partition coefficient (Wildman–Crippen LogP) is 1.92. The van der Waals surface area contributed by atoms with Gasteiger partial charge in [-0.3, -0.25) is 9.69 Å². The molecule has 0 aromatic heterocycles. The van der Waals surface area contributed by atoms with Gasteiger partial charge in [0.1, 0.15) is 0 Å². The lowest BCUT2D eigenvalue weighted by Gasteiger charge is -2.48. The number of hydrogen-bond acceptors (Lipinski definition) is 6. The second kappa shape index (κ2) is 6.16. The van der Waals surface area contributed by atoms with E-state index >= 15 is 0 Å². The lowest BCUT2D eigenvalue weighted by atomic mass is 9.69. The number of rotatable bonds is 0. The van der Waals surface area contributed by atoms with Crippen molar-refractivity contribution in [2.24, 2.45) is 5.41 Å². The molecule has 2 aliphatic carbocycles. The van der Waals surface area contributed by atoms with E-state index in [4.69, 9.17) is 14.2 Å². The number of carbonyl (C=O) groups is 2. The van der Waals surface area contributed by atoms with E-state index in [-0.39, 0.29) is 18.1 Å². The van der Waals surface area contributed by atoms with E-state index in [0.29, 0.717) is 31.8 Å². The van der Waals surface area contributed by atoms with E-state index < -0.39 is 23.0 Å². The molecule has 1 aromatic rings. The molecule has 1 unspecified atom stereocenters. The van der Waals surface area contributed by atoms with Gasteiger partial charge in [0.2, 0.25) is 5.72 Å². The van der Waals surface area contributed by atoms with Crippen molar-refractivity contribution in [3.05, 3.63) is 47.2 Å². The number of urea groups is 1. The second-order valence-corrected chi connectivity index (χ2v) is 9.36. The molecular weight excluding hydrogens is 398 g/mol. The van der Waals surface area contributed by atoms with Gasteiger partial charge in [0.05, 0.1) is 30.8 Å². The summed E-state index contributed by atoms with van der Waals surface area (Å²) in [6.07, 6.45) is 3.45. The number of amides is 3. The van der Waals surface area contributed by atoms with E-state index in [0.717, 1.165) is 6.42 Å². The number of imide groups is 1. The summed E-state index contributed by atoms with van der Waals surface area (Å²) in [6.45, 7) is 3.05. The predicted molar refractivity (Wildman–Crippen MR) is 110 cm³/mol. The Morgan fingerprint density at radius 3 is 2.71 bits per heavy atom. The first-order valence-corrected chi connectivity index (χ1v) is 10.9. The number of carbonyl (C=O) groups excluding carboxylic acids is 2. The highest BCUT2D eigenvalue weighted by molar-refractivity contribution is 6.04. The Kier molecular flexibility index (Phi) is 3.86. The fraction of sp³-hybridized carbons (Fsp3) is 0.565. The van der Waals surface area contributed by atoms with Crippen molar-refractivity contribution in [1.82, 2.24) is 15.1 Å². The van der Waals surface area contributed by atoms with Crippen LogP contribution in [-0.4, -0.2) is 66.7 Å². The van der Waals surface area contributed by atoms with Gasteiger partial charge < -0.3 is 19.5 Å². The third-order valence-corrected chi connectivity index (χ3v) is 7.89. The van der Waals surface area contributed by atoms with Crippen molar-refractivity contribution in [2.45, 2.75) is 49.8 Å². The van der Waals surface area contributed by atoms with Crippen LogP contribution in [0.1, 0.15) is 36.9 Å². The first-order chi connectivity index (χ1) is 14.9. The second-order valence-electron chi connectivity index (χ2n) is 9.36. The summed E-state index contributed by atoms with van der Waals surface area (Å²) in [5, 5.41) is 2.62. The Bertz CT molecular complexity index is 1020. The van der Waals surface area contributed by atoms with Crippen LogP contribution in [0.25, 0.3) is 0 Å². The summed E-state index contributed by atoms with van der Waals surface area (Å²) in [5.74, 6) is -1.13. The zero-order valence-corrected chi connectivity index (χ0v) is 18.0. The molecule has 1 N–H and O–H groups in total. The van der Waals surface area contributed by atoms with Gasteiger partial charge in [-0.15, -0.1) is 0 Å². The van der Waals surface area contributed by atoms with E-state index in [1.807, 2.05) is 32.2 Å². The summed E-state index contributed by atoms with van der Waals surface area (Å²) in [5.41, 5.74) is 0.980. The van der Waals surface area contributed by atoms with Crippen LogP contribution >= 0.6 is 0 Å². The molecule has 0 radical (unpaired) electrons. The van der Waals surface area contributed by atoms with Gasteiger partial charge in [-0.05, 0) is 25.1 Å². The third kappa shape index (κ3) is 2.18. The Morgan fingerprint density at radius 2 is 1.97 bits per heavy atom. The molecule has 164 valence electrons. The molecule has 0 bridgehead atoms. The number of ether oxygens (including phenoxy) is 3. The largest absolute Gasteiger partial charge is 0.347 e. The van der Waals surface area contributed by atoms with Crippen LogP contribution in [0.2, 0.25) is 0 Å². The first-order valence-electron chi connectivity index (χ1n) is 10.9. The number of fused-ring (bicyclic) bond motifs is 5. The van der Waals surface area contributed by atoms with E-state index in [1.165, 1.54) is 23.1 Å². The zero-order chi connectivity index (χ0) is 21.6. The van der Waals surface area contributed by atoms with E-state index in [1.54, 1.807) is 0 Å². The Balaban J connectivity index is 1.51. The summed E-state index contributed by atoms with van der Waals surface area (Å²) in [4.78, 5) is 30.2. The molecule has 31 heavy (non-hydrogen) atoms. The average Bonchev–Trinajstić information content (AvgIpc) is 3.47. The minimum absolute atomic E-state index is 0.0499. The molecule has 3 fully saturated rings. The maximum absolute atomic E-state index is 14.0. The molecule has 0 saturated carbocycles. The van der Waals surface area contributed by atoms with E-state index in [2.05, 4.69) is 22.3 Å². The lowest BCUT2D eigenvalue weighted by Crippen LogP contribution is -2.60. The molecule has 4 atom stereocenters. The fourth-order valence-electron chi connectivity index (χ4n) is 6.66. The van der Waals surface area contributed by atoms with Crippen LogP contribution in [0.4, 0.5) is 4.79 Å². The van der Waals surface area contributed by atoms with Crippen molar-refractivity contribution in [1.29, 1.82) is 0 Å². The smallest absolute Gasteiger partial charge is 0.328 e. The van der Waals surface area contributed by atoms with Gasteiger partial charge >= 0.3 is 6.03 Å².